The van der Waals surface area contributed by atoms with Crippen molar-refractivity contribution in [1.82, 2.24) is 9.97 Å². The molecule has 0 radical (unpaired) electrons. The molecule has 0 spiro atoms. The van der Waals surface area contributed by atoms with Crippen molar-refractivity contribution in [3.63, 3.8) is 0 Å². The van der Waals surface area contributed by atoms with Crippen molar-refractivity contribution in [3.05, 3.63) is 39.8 Å². The van der Waals surface area contributed by atoms with Crippen molar-refractivity contribution in [3.8, 4) is 0 Å². The predicted octanol–water partition coefficient (Wildman–Crippen LogP) is 3.06. The zero-order valence-electron chi connectivity index (χ0n) is 12.2. The molecule has 0 saturated carbocycles. The van der Waals surface area contributed by atoms with Gasteiger partial charge in [0, 0.05) is 4.75 Å². The lowest BCUT2D eigenvalue weighted by Crippen LogP contribution is -2.15. The molecule has 5 heteroatoms. The number of hydrogen-bond donors (Lipinski definition) is 1. The molecule has 0 aliphatic carbocycles. The molecular formula is C15H19N3OS. The van der Waals surface area contributed by atoms with Gasteiger partial charge in [0.05, 0.1) is 17.2 Å². The largest absolute Gasteiger partial charge is 0.319 e. The van der Waals surface area contributed by atoms with Crippen molar-refractivity contribution in [2.45, 2.75) is 32.4 Å². The highest BCUT2D eigenvalue weighted by Gasteiger charge is 2.12. The second kappa shape index (κ2) is 5.32. The molecule has 0 aliphatic rings. The molecule has 1 heterocycles. The van der Waals surface area contributed by atoms with Gasteiger partial charge in [0.2, 0.25) is 0 Å². The first-order chi connectivity index (χ1) is 9.27. The van der Waals surface area contributed by atoms with Crippen molar-refractivity contribution in [2.24, 2.45) is 4.40 Å². The highest BCUT2D eigenvalue weighted by Crippen LogP contribution is 2.30. The molecular weight excluding hydrogens is 270 g/mol. The van der Waals surface area contributed by atoms with Crippen molar-refractivity contribution in [2.75, 3.05) is 0 Å². The van der Waals surface area contributed by atoms with Gasteiger partial charge in [-0.2, -0.15) is 0 Å². The Morgan fingerprint density at radius 3 is 2.75 bits per heavy atom. The monoisotopic (exact) mass is 289 g/mol. The summed E-state index contributed by atoms with van der Waals surface area (Å²) >= 11 is 0. The van der Waals surface area contributed by atoms with E-state index in [-0.39, 0.29) is 10.3 Å². The molecule has 2 rings (SSSR count). The minimum Gasteiger partial charge on any atom is -0.319 e. The minimum absolute atomic E-state index is 0.0172. The summed E-state index contributed by atoms with van der Waals surface area (Å²) < 4.78 is 4.35. The Balaban J connectivity index is 2.45. The first kappa shape index (κ1) is 14.7. The average Bonchev–Trinajstić information content (AvgIpc) is 2.35. The summed E-state index contributed by atoms with van der Waals surface area (Å²) in [6, 6.07) is 5.75. The molecule has 1 atom stereocenters. The molecule has 1 aromatic carbocycles. The lowest BCUT2D eigenvalue weighted by molar-refractivity contribution is 0.803. The van der Waals surface area contributed by atoms with Crippen LogP contribution in [0.4, 0.5) is 0 Å². The lowest BCUT2D eigenvalue weighted by atomic mass is 10.2. The molecule has 1 N–H and O–H groups in total. The van der Waals surface area contributed by atoms with E-state index in [4.69, 9.17) is 0 Å². The van der Waals surface area contributed by atoms with Crippen LogP contribution in [0.5, 0.6) is 0 Å². The number of fused-ring (bicyclic) bond motifs is 1. The summed E-state index contributed by atoms with van der Waals surface area (Å²) in [5.41, 5.74) is 2.71. The van der Waals surface area contributed by atoms with E-state index < -0.39 is 10.7 Å². The SMILES string of the molecule is C=S(N=Cc1nc2cc(C)ccc2[nH]c1=O)C(C)(C)C. The van der Waals surface area contributed by atoms with Gasteiger partial charge >= 0.3 is 0 Å². The Hall–Kier alpha value is -1.75. The van der Waals surface area contributed by atoms with Gasteiger partial charge in [0.25, 0.3) is 5.56 Å². The van der Waals surface area contributed by atoms with Gasteiger partial charge in [-0.05, 0) is 45.4 Å². The number of rotatable bonds is 2. The number of nitrogens with one attached hydrogen (secondary N) is 1. The van der Waals surface area contributed by atoms with Gasteiger partial charge in [-0.25, -0.2) is 9.38 Å². The van der Waals surface area contributed by atoms with E-state index in [1.165, 1.54) is 6.21 Å². The Labute approximate surface area is 121 Å². The maximum absolute atomic E-state index is 12.0. The van der Waals surface area contributed by atoms with Crippen LogP contribution in [-0.4, -0.2) is 26.8 Å². The van der Waals surface area contributed by atoms with Crippen LogP contribution in [0.2, 0.25) is 0 Å². The zero-order chi connectivity index (χ0) is 14.9. The first-order valence-corrected chi connectivity index (χ1v) is 7.71. The summed E-state index contributed by atoms with van der Waals surface area (Å²) in [6.45, 7) is 8.21. The normalized spacial score (nSPS) is 14.0. The maximum Gasteiger partial charge on any atom is 0.275 e. The lowest BCUT2D eigenvalue weighted by Gasteiger charge is -2.18. The Bertz CT molecular complexity index is 754. The molecule has 106 valence electrons. The molecule has 4 nitrogen and oxygen atoms in total. The topological polar surface area (TPSA) is 58.1 Å². The first-order valence-electron chi connectivity index (χ1n) is 6.36. The minimum atomic E-state index is -0.408. The molecule has 20 heavy (non-hydrogen) atoms. The third kappa shape index (κ3) is 3.22. The standard InChI is InChI=1S/C15H19N3OS/c1-10-6-7-11-12(8-10)17-13(14(19)18-11)9-16-20(5)15(2,3)4/h6-9H,5H2,1-4H3,(H,18,19). The molecule has 2 aromatic rings. The summed E-state index contributed by atoms with van der Waals surface area (Å²) in [4.78, 5) is 19.1. The van der Waals surface area contributed by atoms with Gasteiger partial charge in [-0.1, -0.05) is 22.6 Å². The van der Waals surface area contributed by atoms with Crippen molar-refractivity contribution >= 4 is 33.8 Å². The maximum atomic E-state index is 12.0. The number of hydrogen-bond acceptors (Lipinski definition) is 3. The number of aromatic amines is 1. The van der Waals surface area contributed by atoms with E-state index in [1.54, 1.807) is 0 Å². The van der Waals surface area contributed by atoms with Gasteiger partial charge in [0.15, 0.2) is 0 Å². The summed E-state index contributed by atoms with van der Waals surface area (Å²) in [6.07, 6.45) is 1.53. The van der Waals surface area contributed by atoms with Crippen LogP contribution >= 0.6 is 10.7 Å². The number of H-pyrrole nitrogens is 1. The third-order valence-corrected chi connectivity index (χ3v) is 4.66. The quantitative estimate of drug-likeness (QED) is 0.682. The Morgan fingerprint density at radius 2 is 2.10 bits per heavy atom. The predicted molar refractivity (Wildman–Crippen MR) is 89.2 cm³/mol. The fourth-order valence-electron chi connectivity index (χ4n) is 1.57. The molecule has 0 bridgehead atoms. The molecule has 1 aromatic heterocycles. The van der Waals surface area contributed by atoms with Gasteiger partial charge in [-0.3, -0.25) is 4.79 Å². The fraction of sp³-hybridized carbons (Fsp3) is 0.333. The van der Waals surface area contributed by atoms with Crippen LogP contribution in [0.1, 0.15) is 32.0 Å². The van der Waals surface area contributed by atoms with Crippen LogP contribution < -0.4 is 5.56 Å². The summed E-state index contributed by atoms with van der Waals surface area (Å²) in [5.74, 6) is 4.02. The van der Waals surface area contributed by atoms with Gasteiger partial charge in [0.1, 0.15) is 5.69 Å². The van der Waals surface area contributed by atoms with Gasteiger partial charge in [-0.15, -0.1) is 0 Å². The zero-order valence-corrected chi connectivity index (χ0v) is 13.0. The highest BCUT2D eigenvalue weighted by molar-refractivity contribution is 8.14. The van der Waals surface area contributed by atoms with E-state index in [2.05, 4.69) is 41.0 Å². The third-order valence-electron chi connectivity index (χ3n) is 2.88. The van der Waals surface area contributed by atoms with E-state index in [0.717, 1.165) is 16.6 Å². The van der Waals surface area contributed by atoms with Crippen molar-refractivity contribution in [1.29, 1.82) is 0 Å². The van der Waals surface area contributed by atoms with Crippen LogP contribution in [0, 0.1) is 6.92 Å². The second-order valence-electron chi connectivity index (χ2n) is 5.68. The Morgan fingerprint density at radius 1 is 1.40 bits per heavy atom. The van der Waals surface area contributed by atoms with Gasteiger partial charge < -0.3 is 4.98 Å². The molecule has 0 fully saturated rings. The number of nitrogens with zero attached hydrogens (tertiary/aromatic N) is 2. The molecule has 0 aliphatic heterocycles. The van der Waals surface area contributed by atoms with Crippen LogP contribution in [-0.2, 0) is 0 Å². The number of aryl methyl sites for hydroxylation is 1. The number of benzene rings is 1. The van der Waals surface area contributed by atoms with Crippen molar-refractivity contribution < 1.29 is 0 Å². The van der Waals surface area contributed by atoms with E-state index in [9.17, 15) is 4.79 Å². The second-order valence-corrected chi connectivity index (χ2v) is 7.85. The van der Waals surface area contributed by atoms with E-state index >= 15 is 0 Å². The molecule has 0 saturated heterocycles. The fourth-order valence-corrected chi connectivity index (χ4v) is 2.11. The van der Waals surface area contributed by atoms with E-state index in [1.807, 2.05) is 25.1 Å². The van der Waals surface area contributed by atoms with E-state index in [0.29, 0.717) is 5.69 Å². The Kier molecular flexibility index (Phi) is 3.90. The summed E-state index contributed by atoms with van der Waals surface area (Å²) in [7, 11) is -0.408. The van der Waals surface area contributed by atoms with Crippen LogP contribution in [0.15, 0.2) is 27.4 Å². The summed E-state index contributed by atoms with van der Waals surface area (Å²) in [5, 5.41) is 0. The smallest absolute Gasteiger partial charge is 0.275 e. The highest BCUT2D eigenvalue weighted by atomic mass is 32.2. The average molecular weight is 289 g/mol. The van der Waals surface area contributed by atoms with Crippen LogP contribution in [0.3, 0.4) is 0 Å². The molecule has 0 amide bonds. The molecule has 1 unspecified atom stereocenters. The number of aromatic nitrogens is 2. The van der Waals surface area contributed by atoms with Crippen LogP contribution in [0.25, 0.3) is 11.0 Å².